The SMILES string of the molecule is Cc1cc(NCCc2c[nH]c3ccccc23)c(C(=O)O)cc1[N+](=O)[O-]. The fourth-order valence-electron chi connectivity index (χ4n) is 2.89. The Labute approximate surface area is 143 Å². The Morgan fingerprint density at radius 3 is 2.80 bits per heavy atom. The summed E-state index contributed by atoms with van der Waals surface area (Å²) in [7, 11) is 0. The van der Waals surface area contributed by atoms with Gasteiger partial charge in [-0.15, -0.1) is 0 Å². The molecular formula is C18H17N3O4. The van der Waals surface area contributed by atoms with Crippen LogP contribution in [-0.2, 0) is 6.42 Å². The average molecular weight is 339 g/mol. The summed E-state index contributed by atoms with van der Waals surface area (Å²) in [4.78, 5) is 25.0. The first-order chi connectivity index (χ1) is 12.0. The number of carbonyl (C=O) groups is 1. The van der Waals surface area contributed by atoms with Crippen LogP contribution in [0.2, 0.25) is 0 Å². The molecule has 0 aliphatic carbocycles. The van der Waals surface area contributed by atoms with E-state index in [1.807, 2.05) is 30.5 Å². The summed E-state index contributed by atoms with van der Waals surface area (Å²) >= 11 is 0. The van der Waals surface area contributed by atoms with E-state index in [1.54, 1.807) is 6.92 Å². The van der Waals surface area contributed by atoms with Gasteiger partial charge in [0.05, 0.1) is 10.5 Å². The molecule has 128 valence electrons. The molecule has 7 heteroatoms. The molecule has 1 aromatic heterocycles. The third-order valence-corrected chi connectivity index (χ3v) is 4.15. The second kappa shape index (κ2) is 6.64. The van der Waals surface area contributed by atoms with E-state index >= 15 is 0 Å². The van der Waals surface area contributed by atoms with Gasteiger partial charge in [0.15, 0.2) is 0 Å². The van der Waals surface area contributed by atoms with Crippen molar-refractivity contribution < 1.29 is 14.8 Å². The highest BCUT2D eigenvalue weighted by molar-refractivity contribution is 5.95. The summed E-state index contributed by atoms with van der Waals surface area (Å²) in [5.41, 5.74) is 2.68. The molecule has 0 saturated carbocycles. The van der Waals surface area contributed by atoms with Crippen LogP contribution in [0.4, 0.5) is 11.4 Å². The summed E-state index contributed by atoms with van der Waals surface area (Å²) in [5.74, 6) is -1.20. The molecule has 0 fully saturated rings. The molecule has 0 atom stereocenters. The molecule has 3 N–H and O–H groups in total. The molecule has 1 heterocycles. The van der Waals surface area contributed by atoms with Crippen LogP contribution in [0, 0.1) is 17.0 Å². The molecule has 3 aromatic rings. The van der Waals surface area contributed by atoms with Gasteiger partial charge in [0.25, 0.3) is 5.69 Å². The van der Waals surface area contributed by atoms with Crippen molar-refractivity contribution in [3.63, 3.8) is 0 Å². The number of nitrogens with zero attached hydrogens (tertiary/aromatic N) is 1. The van der Waals surface area contributed by atoms with Crippen molar-refractivity contribution in [2.75, 3.05) is 11.9 Å². The number of nitro benzene ring substituents is 1. The molecule has 25 heavy (non-hydrogen) atoms. The second-order valence-corrected chi connectivity index (χ2v) is 5.78. The van der Waals surface area contributed by atoms with Crippen molar-refractivity contribution in [1.29, 1.82) is 0 Å². The molecule has 0 saturated heterocycles. The predicted molar refractivity (Wildman–Crippen MR) is 95.3 cm³/mol. The summed E-state index contributed by atoms with van der Waals surface area (Å²) in [6.45, 7) is 2.11. The number of aromatic nitrogens is 1. The van der Waals surface area contributed by atoms with Gasteiger partial charge >= 0.3 is 5.97 Å². The van der Waals surface area contributed by atoms with Gasteiger partial charge < -0.3 is 15.4 Å². The van der Waals surface area contributed by atoms with Gasteiger partial charge in [0.1, 0.15) is 0 Å². The maximum absolute atomic E-state index is 11.4. The zero-order valence-electron chi connectivity index (χ0n) is 13.6. The number of benzene rings is 2. The quantitative estimate of drug-likeness (QED) is 0.468. The first-order valence-corrected chi connectivity index (χ1v) is 7.78. The van der Waals surface area contributed by atoms with Gasteiger partial charge in [-0.1, -0.05) is 18.2 Å². The lowest BCUT2D eigenvalue weighted by atomic mass is 10.1. The van der Waals surface area contributed by atoms with Crippen LogP contribution < -0.4 is 5.32 Å². The molecule has 0 bridgehead atoms. The number of aryl methyl sites for hydroxylation is 1. The normalized spacial score (nSPS) is 10.8. The third kappa shape index (κ3) is 3.30. The molecule has 0 amide bonds. The minimum absolute atomic E-state index is 0.101. The fraction of sp³-hybridized carbons (Fsp3) is 0.167. The Kier molecular flexibility index (Phi) is 4.38. The van der Waals surface area contributed by atoms with Crippen LogP contribution in [0.1, 0.15) is 21.5 Å². The summed E-state index contributed by atoms with van der Waals surface area (Å²) < 4.78 is 0. The largest absolute Gasteiger partial charge is 0.478 e. The van der Waals surface area contributed by atoms with E-state index in [0.717, 1.165) is 22.5 Å². The van der Waals surface area contributed by atoms with Gasteiger partial charge in [-0.3, -0.25) is 10.1 Å². The minimum Gasteiger partial charge on any atom is -0.478 e. The molecule has 3 rings (SSSR count). The van der Waals surface area contributed by atoms with Crippen molar-refractivity contribution in [3.05, 3.63) is 69.4 Å². The molecule has 0 unspecified atom stereocenters. The number of nitro groups is 1. The predicted octanol–water partition coefficient (Wildman–Crippen LogP) is 3.74. The number of H-pyrrole nitrogens is 1. The number of aromatic carboxylic acids is 1. The second-order valence-electron chi connectivity index (χ2n) is 5.78. The Morgan fingerprint density at radius 2 is 2.08 bits per heavy atom. The zero-order valence-corrected chi connectivity index (χ0v) is 13.6. The highest BCUT2D eigenvalue weighted by atomic mass is 16.6. The number of aromatic amines is 1. The highest BCUT2D eigenvalue weighted by Gasteiger charge is 2.19. The molecule has 0 spiro atoms. The number of carboxylic acid groups (broad SMARTS) is 1. The summed E-state index contributed by atoms with van der Waals surface area (Å²) in [6, 6.07) is 10.6. The lowest BCUT2D eigenvalue weighted by molar-refractivity contribution is -0.385. The van der Waals surface area contributed by atoms with Gasteiger partial charge in [0, 0.05) is 41.0 Å². The summed E-state index contributed by atoms with van der Waals surface area (Å²) in [6.07, 6.45) is 2.63. The Bertz CT molecular complexity index is 962. The van der Waals surface area contributed by atoms with E-state index < -0.39 is 10.9 Å². The third-order valence-electron chi connectivity index (χ3n) is 4.15. The van der Waals surface area contributed by atoms with Crippen molar-refractivity contribution in [2.24, 2.45) is 0 Å². The van der Waals surface area contributed by atoms with Crippen molar-refractivity contribution in [3.8, 4) is 0 Å². The van der Waals surface area contributed by atoms with Gasteiger partial charge in [-0.05, 0) is 31.0 Å². The number of carboxylic acids is 1. The number of para-hydroxylation sites is 1. The monoisotopic (exact) mass is 339 g/mol. The van der Waals surface area contributed by atoms with Crippen molar-refractivity contribution in [2.45, 2.75) is 13.3 Å². The highest BCUT2D eigenvalue weighted by Crippen LogP contribution is 2.27. The van der Waals surface area contributed by atoms with E-state index in [2.05, 4.69) is 10.3 Å². The van der Waals surface area contributed by atoms with Crippen LogP contribution in [0.15, 0.2) is 42.6 Å². The van der Waals surface area contributed by atoms with E-state index in [4.69, 9.17) is 0 Å². The van der Waals surface area contributed by atoms with E-state index in [-0.39, 0.29) is 11.3 Å². The molecule has 7 nitrogen and oxygen atoms in total. The summed E-state index contributed by atoms with van der Waals surface area (Å²) in [5, 5.41) is 24.5. The van der Waals surface area contributed by atoms with Gasteiger partial charge in [-0.25, -0.2) is 4.79 Å². The van der Waals surface area contributed by atoms with Crippen LogP contribution in [0.3, 0.4) is 0 Å². The number of hydrogen-bond donors (Lipinski definition) is 3. The van der Waals surface area contributed by atoms with E-state index in [0.29, 0.717) is 24.2 Å². The van der Waals surface area contributed by atoms with E-state index in [1.165, 1.54) is 6.07 Å². The van der Waals surface area contributed by atoms with E-state index in [9.17, 15) is 20.0 Å². The standard InChI is InChI=1S/C18H17N3O4/c1-11-8-16(14(18(22)23)9-17(11)21(24)25)19-7-6-12-10-20-15-5-3-2-4-13(12)15/h2-5,8-10,19-20H,6-7H2,1H3,(H,22,23). The van der Waals surface area contributed by atoms with Gasteiger partial charge in [0.2, 0.25) is 0 Å². The fourth-order valence-corrected chi connectivity index (χ4v) is 2.89. The van der Waals surface area contributed by atoms with Crippen LogP contribution in [0.25, 0.3) is 10.9 Å². The maximum atomic E-state index is 11.4. The molecular weight excluding hydrogens is 322 g/mol. The first kappa shape index (κ1) is 16.5. The minimum atomic E-state index is -1.20. The topological polar surface area (TPSA) is 108 Å². The number of fused-ring (bicyclic) bond motifs is 1. The maximum Gasteiger partial charge on any atom is 0.338 e. The molecule has 0 aliphatic heterocycles. The lowest BCUT2D eigenvalue weighted by Crippen LogP contribution is -2.10. The molecule has 2 aromatic carbocycles. The number of nitrogens with one attached hydrogen (secondary N) is 2. The van der Waals surface area contributed by atoms with Gasteiger partial charge in [-0.2, -0.15) is 0 Å². The van der Waals surface area contributed by atoms with Crippen LogP contribution in [-0.4, -0.2) is 27.5 Å². The number of anilines is 1. The molecule has 0 radical (unpaired) electrons. The molecule has 0 aliphatic rings. The average Bonchev–Trinajstić information content (AvgIpc) is 2.98. The van der Waals surface area contributed by atoms with Crippen molar-refractivity contribution >= 4 is 28.2 Å². The first-order valence-electron chi connectivity index (χ1n) is 7.78. The van der Waals surface area contributed by atoms with Crippen LogP contribution in [0.5, 0.6) is 0 Å². The Hall–Kier alpha value is -3.35. The zero-order chi connectivity index (χ0) is 18.0. The van der Waals surface area contributed by atoms with Crippen molar-refractivity contribution in [1.82, 2.24) is 4.98 Å². The number of rotatable bonds is 6. The van der Waals surface area contributed by atoms with Crippen LogP contribution >= 0.6 is 0 Å². The Balaban J connectivity index is 1.79. The number of hydrogen-bond acceptors (Lipinski definition) is 4. The smallest absolute Gasteiger partial charge is 0.338 e. The lowest BCUT2D eigenvalue weighted by Gasteiger charge is -2.11. The Morgan fingerprint density at radius 1 is 1.32 bits per heavy atom.